The van der Waals surface area contributed by atoms with Gasteiger partial charge in [-0.05, 0) is 23.8 Å². The van der Waals surface area contributed by atoms with Gasteiger partial charge in [-0.25, -0.2) is 4.98 Å². The summed E-state index contributed by atoms with van der Waals surface area (Å²) in [5.41, 5.74) is 2.04. The van der Waals surface area contributed by atoms with E-state index in [1.807, 2.05) is 35.7 Å². The van der Waals surface area contributed by atoms with Gasteiger partial charge in [-0.1, -0.05) is 30.3 Å². The molecule has 0 saturated carbocycles. The van der Waals surface area contributed by atoms with Crippen LogP contribution in [0.4, 0.5) is 5.13 Å². The smallest absolute Gasteiger partial charge is 0.183 e. The number of aromatic nitrogens is 2. The largest absolute Gasteiger partial charge is 0.508 e. The quantitative estimate of drug-likeness (QED) is 0.512. The summed E-state index contributed by atoms with van der Waals surface area (Å²) in [4.78, 5) is 8.56. The van der Waals surface area contributed by atoms with Gasteiger partial charge in [-0.3, -0.25) is 4.98 Å². The molecule has 0 amide bonds. The number of hydrogen-bond donors (Lipinski definition) is 3. The number of phenolic OH excluding ortho intramolecular Hbond substituents is 2. The van der Waals surface area contributed by atoms with Crippen LogP contribution in [-0.4, -0.2) is 20.2 Å². The molecule has 2 aromatic heterocycles. The number of fused-ring (bicyclic) bond motifs is 1. The Kier molecular flexibility index (Phi) is 3.95. The van der Waals surface area contributed by atoms with E-state index in [2.05, 4.69) is 15.3 Å². The van der Waals surface area contributed by atoms with Crippen molar-refractivity contribution in [1.82, 2.24) is 9.97 Å². The van der Waals surface area contributed by atoms with Crippen molar-refractivity contribution in [1.29, 1.82) is 0 Å². The van der Waals surface area contributed by atoms with E-state index in [-0.39, 0.29) is 17.5 Å². The first-order valence-electron chi connectivity index (χ1n) is 7.74. The predicted octanol–water partition coefficient (Wildman–Crippen LogP) is 4.30. The summed E-state index contributed by atoms with van der Waals surface area (Å²) in [6.45, 7) is 0. The van der Waals surface area contributed by atoms with Crippen LogP contribution in [0.25, 0.3) is 10.9 Å². The summed E-state index contributed by atoms with van der Waals surface area (Å²) >= 11 is 1.47. The Bertz CT molecular complexity index is 1020. The molecule has 5 nitrogen and oxygen atoms in total. The van der Waals surface area contributed by atoms with Crippen molar-refractivity contribution in [3.8, 4) is 11.5 Å². The molecule has 124 valence electrons. The Morgan fingerprint density at radius 3 is 2.68 bits per heavy atom. The van der Waals surface area contributed by atoms with Crippen molar-refractivity contribution in [2.45, 2.75) is 6.04 Å². The Hall–Kier alpha value is -3.12. The SMILES string of the molecule is Oc1cccc([C@@H](Nc2nccs2)c2ccc3cccnc3c2O)c1. The second-order valence-electron chi connectivity index (χ2n) is 5.59. The Morgan fingerprint density at radius 1 is 0.960 bits per heavy atom. The summed E-state index contributed by atoms with van der Waals surface area (Å²) in [6, 6.07) is 14.1. The number of aromatic hydroxyl groups is 2. The van der Waals surface area contributed by atoms with Gasteiger partial charge in [-0.15, -0.1) is 11.3 Å². The lowest BCUT2D eigenvalue weighted by molar-refractivity contribution is 0.469. The highest BCUT2D eigenvalue weighted by Crippen LogP contribution is 2.37. The molecule has 2 aromatic carbocycles. The van der Waals surface area contributed by atoms with Crippen LogP contribution in [0.5, 0.6) is 11.5 Å². The molecule has 0 aliphatic rings. The first-order chi connectivity index (χ1) is 12.2. The summed E-state index contributed by atoms with van der Waals surface area (Å²) in [5, 5.41) is 27.5. The lowest BCUT2D eigenvalue weighted by Crippen LogP contribution is -2.12. The van der Waals surface area contributed by atoms with Gasteiger partial charge in [0.2, 0.25) is 0 Å². The van der Waals surface area contributed by atoms with Gasteiger partial charge in [0.05, 0.1) is 6.04 Å². The van der Waals surface area contributed by atoms with Crippen LogP contribution < -0.4 is 5.32 Å². The van der Waals surface area contributed by atoms with E-state index in [1.54, 1.807) is 30.6 Å². The number of benzene rings is 2. The molecular formula is C19H15N3O2S. The third-order valence-corrected chi connectivity index (χ3v) is 4.70. The van der Waals surface area contributed by atoms with Crippen molar-refractivity contribution < 1.29 is 10.2 Å². The highest BCUT2D eigenvalue weighted by molar-refractivity contribution is 7.13. The lowest BCUT2D eigenvalue weighted by atomic mass is 9.96. The topological polar surface area (TPSA) is 78.3 Å². The predicted molar refractivity (Wildman–Crippen MR) is 99.1 cm³/mol. The second-order valence-corrected chi connectivity index (χ2v) is 6.48. The average molecular weight is 349 g/mol. The Balaban J connectivity index is 1.87. The van der Waals surface area contributed by atoms with Gasteiger partial charge in [0.25, 0.3) is 0 Å². The molecular weight excluding hydrogens is 334 g/mol. The minimum atomic E-state index is -0.371. The van der Waals surface area contributed by atoms with Gasteiger partial charge in [0.1, 0.15) is 17.0 Å². The van der Waals surface area contributed by atoms with Crippen LogP contribution in [0, 0.1) is 0 Å². The number of rotatable bonds is 4. The highest BCUT2D eigenvalue weighted by Gasteiger charge is 2.21. The molecule has 0 radical (unpaired) electrons. The standard InChI is InChI=1S/C19H15N3O2S/c23-14-5-1-3-13(11-14)16(22-19-21-9-10-25-19)15-7-6-12-4-2-8-20-17(12)18(15)24/h1-11,16,23-24H,(H,21,22)/t16-/m1/s1. The molecule has 0 bridgehead atoms. The first-order valence-corrected chi connectivity index (χ1v) is 8.62. The maximum Gasteiger partial charge on any atom is 0.183 e. The molecule has 0 fully saturated rings. The normalized spacial score (nSPS) is 12.2. The summed E-state index contributed by atoms with van der Waals surface area (Å²) in [5.74, 6) is 0.289. The van der Waals surface area contributed by atoms with Gasteiger partial charge >= 0.3 is 0 Å². The van der Waals surface area contributed by atoms with Crippen molar-refractivity contribution in [3.63, 3.8) is 0 Å². The molecule has 4 rings (SSSR count). The number of nitrogens with zero attached hydrogens (tertiary/aromatic N) is 2. The summed E-state index contributed by atoms with van der Waals surface area (Å²) in [6.07, 6.45) is 3.37. The van der Waals surface area contributed by atoms with E-state index in [1.165, 1.54) is 11.3 Å². The summed E-state index contributed by atoms with van der Waals surface area (Å²) in [7, 11) is 0. The first kappa shape index (κ1) is 15.4. The van der Waals surface area contributed by atoms with Gasteiger partial charge in [-0.2, -0.15) is 0 Å². The lowest BCUT2D eigenvalue weighted by Gasteiger charge is -2.21. The van der Waals surface area contributed by atoms with Gasteiger partial charge in [0, 0.05) is 28.7 Å². The van der Waals surface area contributed by atoms with E-state index >= 15 is 0 Å². The molecule has 6 heteroatoms. The van der Waals surface area contributed by atoms with Crippen molar-refractivity contribution >= 4 is 27.4 Å². The highest BCUT2D eigenvalue weighted by atomic mass is 32.1. The molecule has 0 unspecified atom stereocenters. The number of thiazole rings is 1. The average Bonchev–Trinajstić information content (AvgIpc) is 3.14. The zero-order valence-corrected chi connectivity index (χ0v) is 13.9. The maximum absolute atomic E-state index is 10.8. The van der Waals surface area contributed by atoms with Crippen molar-refractivity contribution in [2.75, 3.05) is 5.32 Å². The molecule has 0 aliphatic carbocycles. The van der Waals surface area contributed by atoms with E-state index < -0.39 is 0 Å². The van der Waals surface area contributed by atoms with Crippen LogP contribution in [0.2, 0.25) is 0 Å². The number of phenols is 2. The minimum Gasteiger partial charge on any atom is -0.508 e. The monoisotopic (exact) mass is 349 g/mol. The third-order valence-electron chi connectivity index (χ3n) is 3.99. The zero-order chi connectivity index (χ0) is 17.2. The number of hydrogen-bond acceptors (Lipinski definition) is 6. The number of nitrogens with one attached hydrogen (secondary N) is 1. The fourth-order valence-corrected chi connectivity index (χ4v) is 3.40. The fourth-order valence-electron chi connectivity index (χ4n) is 2.84. The molecule has 2 heterocycles. The van der Waals surface area contributed by atoms with E-state index in [0.29, 0.717) is 11.1 Å². The number of pyridine rings is 1. The molecule has 4 aromatic rings. The van der Waals surface area contributed by atoms with Gasteiger partial charge in [0.15, 0.2) is 5.13 Å². The van der Waals surface area contributed by atoms with E-state index in [9.17, 15) is 10.2 Å². The number of anilines is 1. The third kappa shape index (κ3) is 2.99. The second kappa shape index (κ2) is 6.41. The van der Waals surface area contributed by atoms with Crippen LogP contribution in [-0.2, 0) is 0 Å². The van der Waals surface area contributed by atoms with Gasteiger partial charge < -0.3 is 15.5 Å². The van der Waals surface area contributed by atoms with E-state index in [4.69, 9.17) is 0 Å². The molecule has 0 saturated heterocycles. The van der Waals surface area contributed by atoms with E-state index in [0.717, 1.165) is 16.1 Å². The molecule has 3 N–H and O–H groups in total. The molecule has 25 heavy (non-hydrogen) atoms. The van der Waals surface area contributed by atoms with Crippen molar-refractivity contribution in [2.24, 2.45) is 0 Å². The van der Waals surface area contributed by atoms with Crippen LogP contribution >= 0.6 is 11.3 Å². The van der Waals surface area contributed by atoms with Crippen LogP contribution in [0.15, 0.2) is 66.3 Å². The molecule has 1 atom stereocenters. The molecule has 0 spiro atoms. The Morgan fingerprint density at radius 2 is 1.88 bits per heavy atom. The van der Waals surface area contributed by atoms with Crippen LogP contribution in [0.3, 0.4) is 0 Å². The Labute approximate surface area is 148 Å². The molecule has 0 aliphatic heterocycles. The fraction of sp³-hybridized carbons (Fsp3) is 0.0526. The van der Waals surface area contributed by atoms with Crippen molar-refractivity contribution in [3.05, 3.63) is 77.4 Å². The maximum atomic E-state index is 10.8. The summed E-state index contributed by atoms with van der Waals surface area (Å²) < 4.78 is 0. The zero-order valence-electron chi connectivity index (χ0n) is 13.1. The van der Waals surface area contributed by atoms with Crippen LogP contribution in [0.1, 0.15) is 17.2 Å². The minimum absolute atomic E-state index is 0.121.